The van der Waals surface area contributed by atoms with Gasteiger partial charge in [0.05, 0.1) is 17.0 Å². The van der Waals surface area contributed by atoms with Gasteiger partial charge in [-0.25, -0.2) is 8.42 Å². The van der Waals surface area contributed by atoms with Crippen LogP contribution >= 0.6 is 23.2 Å². The van der Waals surface area contributed by atoms with Crippen LogP contribution in [0.25, 0.3) is 0 Å². The number of rotatable bonds is 7. The first kappa shape index (κ1) is 28.7. The van der Waals surface area contributed by atoms with Crippen LogP contribution in [0.4, 0.5) is 0 Å². The van der Waals surface area contributed by atoms with Crippen molar-refractivity contribution >= 4 is 44.8 Å². The highest BCUT2D eigenvalue weighted by molar-refractivity contribution is 7.89. The van der Waals surface area contributed by atoms with Gasteiger partial charge in [-0.3, -0.25) is 9.59 Å². The Hall–Kier alpha value is -3.27. The standard InChI is InChI=1S/C29H25Cl2N3O4S/c1-19-8-10-23(11-9-19)39(37,38)34(16-21-6-4-3-5-7-21)13-12-22-14-20(2)15-28(17-32)26(35)24(30)25(31)27(36)29(22,28)18-33/h3-11,14,22H,12-13,15-16H2,1-2H3/t22-,28+,29+/m1/s1. The molecular formula is C29H25Cl2N3O4S. The lowest BCUT2D eigenvalue weighted by Gasteiger charge is -2.48. The van der Waals surface area contributed by atoms with Crippen LogP contribution in [-0.4, -0.2) is 30.8 Å². The number of nitrogens with zero attached hydrogens (tertiary/aromatic N) is 3. The van der Waals surface area contributed by atoms with Crippen molar-refractivity contribution in [1.82, 2.24) is 4.31 Å². The molecule has 0 saturated carbocycles. The van der Waals surface area contributed by atoms with Crippen molar-refractivity contribution in [3.63, 3.8) is 0 Å². The third kappa shape index (κ3) is 4.62. The number of sulfonamides is 1. The first-order valence-electron chi connectivity index (χ1n) is 12.2. The van der Waals surface area contributed by atoms with E-state index in [4.69, 9.17) is 23.2 Å². The molecule has 2 aromatic carbocycles. The van der Waals surface area contributed by atoms with Crippen LogP contribution in [0, 0.1) is 46.3 Å². The molecule has 0 N–H and O–H groups in total. The summed E-state index contributed by atoms with van der Waals surface area (Å²) < 4.78 is 28.8. The van der Waals surface area contributed by atoms with Gasteiger partial charge in [0.15, 0.2) is 22.4 Å². The van der Waals surface area contributed by atoms with Gasteiger partial charge in [0.25, 0.3) is 0 Å². The highest BCUT2D eigenvalue weighted by atomic mass is 35.5. The molecule has 0 radical (unpaired) electrons. The highest BCUT2D eigenvalue weighted by Gasteiger charge is 2.70. The van der Waals surface area contributed by atoms with E-state index in [1.165, 1.54) is 16.4 Å². The van der Waals surface area contributed by atoms with Crippen molar-refractivity contribution in [2.75, 3.05) is 6.54 Å². The van der Waals surface area contributed by atoms with E-state index in [2.05, 4.69) is 0 Å². The van der Waals surface area contributed by atoms with Gasteiger partial charge in [-0.2, -0.15) is 14.8 Å². The van der Waals surface area contributed by atoms with Gasteiger partial charge in [0, 0.05) is 19.0 Å². The number of carbonyl (C=O) groups is 2. The number of Topliss-reactive ketones (excluding diaryl/α,β-unsaturated/α-hetero) is 2. The van der Waals surface area contributed by atoms with E-state index in [1.54, 1.807) is 49.4 Å². The quantitative estimate of drug-likeness (QED) is 0.403. The van der Waals surface area contributed by atoms with Crippen LogP contribution in [0.3, 0.4) is 0 Å². The van der Waals surface area contributed by atoms with Crippen molar-refractivity contribution in [3.05, 3.63) is 87.4 Å². The third-order valence-corrected chi connectivity index (χ3v) is 10.2. The highest BCUT2D eigenvalue weighted by Crippen LogP contribution is 2.60. The summed E-state index contributed by atoms with van der Waals surface area (Å²) in [6.45, 7) is 3.49. The topological polar surface area (TPSA) is 119 Å². The molecule has 0 fully saturated rings. The first-order valence-corrected chi connectivity index (χ1v) is 14.4. The maximum Gasteiger partial charge on any atom is 0.243 e. The molecule has 10 heteroatoms. The summed E-state index contributed by atoms with van der Waals surface area (Å²) in [5.74, 6) is -2.75. The van der Waals surface area contributed by atoms with Crippen LogP contribution in [0.2, 0.25) is 0 Å². The van der Waals surface area contributed by atoms with Crippen molar-refractivity contribution in [2.24, 2.45) is 16.7 Å². The second kappa shape index (κ2) is 10.7. The predicted molar refractivity (Wildman–Crippen MR) is 147 cm³/mol. The Bertz CT molecular complexity index is 1590. The monoisotopic (exact) mass is 581 g/mol. The second-order valence-corrected chi connectivity index (χ2v) is 12.6. The summed E-state index contributed by atoms with van der Waals surface area (Å²) in [6.07, 6.45) is 1.49. The average Bonchev–Trinajstić information content (AvgIpc) is 2.93. The molecule has 0 spiro atoms. The van der Waals surface area contributed by atoms with Crippen LogP contribution < -0.4 is 0 Å². The number of hydrogen-bond acceptors (Lipinski definition) is 6. The van der Waals surface area contributed by atoms with Crippen molar-refractivity contribution in [2.45, 2.75) is 38.1 Å². The lowest BCUT2D eigenvalue weighted by Crippen LogP contribution is -2.59. The summed E-state index contributed by atoms with van der Waals surface area (Å²) in [5, 5.41) is 19.5. The third-order valence-electron chi connectivity index (χ3n) is 7.51. The van der Waals surface area contributed by atoms with Crippen LogP contribution in [0.5, 0.6) is 0 Å². The fraction of sp³-hybridized carbons (Fsp3) is 0.310. The molecule has 0 unspecified atom stereocenters. The van der Waals surface area contributed by atoms with Crippen molar-refractivity contribution < 1.29 is 18.0 Å². The lowest BCUT2D eigenvalue weighted by molar-refractivity contribution is -0.141. The largest absolute Gasteiger partial charge is 0.291 e. The molecule has 2 aromatic rings. The zero-order chi connectivity index (χ0) is 28.6. The molecule has 0 saturated heterocycles. The summed E-state index contributed by atoms with van der Waals surface area (Å²) in [6, 6.07) is 19.4. The molecule has 0 aromatic heterocycles. The van der Waals surface area contributed by atoms with Gasteiger partial charge in [0.1, 0.15) is 10.1 Å². The molecule has 0 heterocycles. The summed E-state index contributed by atoms with van der Waals surface area (Å²) in [5.41, 5.74) is -1.96. The Labute approximate surface area is 238 Å². The number of fused-ring (bicyclic) bond motifs is 1. The Balaban J connectivity index is 1.79. The van der Waals surface area contributed by atoms with Gasteiger partial charge in [-0.1, -0.05) is 82.9 Å². The zero-order valence-electron chi connectivity index (χ0n) is 21.3. The van der Waals surface area contributed by atoms with Gasteiger partial charge in [-0.05, 0) is 44.4 Å². The minimum Gasteiger partial charge on any atom is -0.291 e. The summed E-state index contributed by atoms with van der Waals surface area (Å²) in [7, 11) is -3.99. The van der Waals surface area contributed by atoms with E-state index < -0.39 is 48.4 Å². The summed E-state index contributed by atoms with van der Waals surface area (Å²) in [4.78, 5) is 27.0. The number of halogens is 2. The fourth-order valence-electron chi connectivity index (χ4n) is 5.50. The number of nitriles is 2. The SMILES string of the molecule is CC1=C[C@@H](CCN(Cc2ccccc2)S(=O)(=O)c2ccc(C)cc2)[C@@]2(C#N)C(=O)C(Cl)=C(Cl)C(=O)[C@@]2(C#N)C1. The molecule has 0 bridgehead atoms. The number of carbonyl (C=O) groups excluding carboxylic acids is 2. The number of allylic oxidation sites excluding steroid dienone is 4. The molecule has 4 rings (SSSR count). The smallest absolute Gasteiger partial charge is 0.243 e. The maximum absolute atomic E-state index is 13.8. The molecule has 200 valence electrons. The Morgan fingerprint density at radius 1 is 0.949 bits per heavy atom. The number of aryl methyl sites for hydroxylation is 1. The van der Waals surface area contributed by atoms with Crippen molar-refractivity contribution in [1.29, 1.82) is 10.5 Å². The average molecular weight is 583 g/mol. The van der Waals surface area contributed by atoms with Gasteiger partial charge in [0.2, 0.25) is 10.0 Å². The Morgan fingerprint density at radius 2 is 1.56 bits per heavy atom. The fourth-order valence-corrected chi connectivity index (χ4v) is 7.43. The molecule has 39 heavy (non-hydrogen) atoms. The summed E-state index contributed by atoms with van der Waals surface area (Å²) >= 11 is 12.2. The molecular weight excluding hydrogens is 557 g/mol. The van der Waals surface area contributed by atoms with Gasteiger partial charge >= 0.3 is 0 Å². The normalized spacial score (nSPS) is 25.1. The Morgan fingerprint density at radius 3 is 2.15 bits per heavy atom. The predicted octanol–water partition coefficient (Wildman–Crippen LogP) is 5.40. The number of hydrogen-bond donors (Lipinski definition) is 0. The lowest BCUT2D eigenvalue weighted by atomic mass is 9.48. The van der Waals surface area contributed by atoms with E-state index in [9.17, 15) is 28.5 Å². The zero-order valence-corrected chi connectivity index (χ0v) is 23.6. The van der Waals surface area contributed by atoms with Gasteiger partial charge < -0.3 is 0 Å². The van der Waals surface area contributed by atoms with E-state index in [0.29, 0.717) is 5.57 Å². The number of benzene rings is 2. The second-order valence-electron chi connectivity index (χ2n) is 9.95. The van der Waals surface area contributed by atoms with E-state index >= 15 is 0 Å². The molecule has 0 amide bonds. The molecule has 7 nitrogen and oxygen atoms in total. The van der Waals surface area contributed by atoms with Gasteiger partial charge in [-0.15, -0.1) is 0 Å². The molecule has 2 aliphatic carbocycles. The van der Waals surface area contributed by atoms with Crippen LogP contribution in [0.15, 0.2) is 81.2 Å². The van der Waals surface area contributed by atoms with E-state index in [1.807, 2.05) is 25.1 Å². The number of ketones is 2. The minimum atomic E-state index is -3.99. The molecule has 2 aliphatic rings. The van der Waals surface area contributed by atoms with E-state index in [-0.39, 0.29) is 30.8 Å². The molecule has 3 atom stereocenters. The van der Waals surface area contributed by atoms with E-state index in [0.717, 1.165) is 11.1 Å². The first-order chi connectivity index (χ1) is 18.4. The Kier molecular flexibility index (Phi) is 7.89. The minimum absolute atomic E-state index is 0.0208. The van der Waals surface area contributed by atoms with Crippen LogP contribution in [0.1, 0.15) is 30.9 Å². The molecule has 0 aliphatic heterocycles. The maximum atomic E-state index is 13.8. The van der Waals surface area contributed by atoms with Crippen LogP contribution in [-0.2, 0) is 26.2 Å². The van der Waals surface area contributed by atoms with Crippen molar-refractivity contribution in [3.8, 4) is 12.1 Å².